The van der Waals surface area contributed by atoms with Crippen LogP contribution in [0, 0.1) is 5.92 Å². The molecule has 2 nitrogen and oxygen atoms in total. The Labute approximate surface area is 115 Å². The summed E-state index contributed by atoms with van der Waals surface area (Å²) in [6, 6.07) is 2.07. The van der Waals surface area contributed by atoms with Gasteiger partial charge < -0.3 is 4.90 Å². The fraction of sp³-hybridized carbons (Fsp3) is 0.615. The van der Waals surface area contributed by atoms with Crippen molar-refractivity contribution in [3.05, 3.63) is 21.9 Å². The molecule has 4 heteroatoms. The highest BCUT2D eigenvalue weighted by Gasteiger charge is 2.25. The van der Waals surface area contributed by atoms with Gasteiger partial charge in [0.25, 0.3) is 5.91 Å². The molecule has 1 aromatic rings. The maximum absolute atomic E-state index is 12.4. The molecule has 1 unspecified atom stereocenters. The van der Waals surface area contributed by atoms with E-state index in [-0.39, 0.29) is 5.91 Å². The summed E-state index contributed by atoms with van der Waals surface area (Å²) in [6.07, 6.45) is 3.31. The molecule has 0 aliphatic carbocycles. The van der Waals surface area contributed by atoms with Crippen molar-refractivity contribution in [2.24, 2.45) is 5.92 Å². The van der Waals surface area contributed by atoms with E-state index < -0.39 is 0 Å². The Morgan fingerprint density at radius 3 is 3.18 bits per heavy atom. The van der Waals surface area contributed by atoms with Crippen LogP contribution in [0.25, 0.3) is 0 Å². The lowest BCUT2D eigenvalue weighted by atomic mass is 10.00. The Balaban J connectivity index is 2.09. The van der Waals surface area contributed by atoms with Gasteiger partial charge in [-0.05, 0) is 42.2 Å². The number of carbonyl (C=O) groups is 1. The van der Waals surface area contributed by atoms with E-state index in [1.807, 2.05) is 10.3 Å². The summed E-state index contributed by atoms with van der Waals surface area (Å²) < 4.78 is 0. The third-order valence-corrected chi connectivity index (χ3v) is 5.21. The van der Waals surface area contributed by atoms with Crippen molar-refractivity contribution in [2.45, 2.75) is 26.2 Å². The number of thiophene rings is 1. The number of aryl methyl sites for hydroxylation is 1. The van der Waals surface area contributed by atoms with Gasteiger partial charge >= 0.3 is 0 Å². The smallest absolute Gasteiger partial charge is 0.264 e. The summed E-state index contributed by atoms with van der Waals surface area (Å²) in [6.45, 7) is 3.94. The fourth-order valence-corrected chi connectivity index (χ4v) is 3.81. The molecule has 0 spiro atoms. The number of alkyl halides is 1. The maximum atomic E-state index is 12.4. The molecule has 0 N–H and O–H groups in total. The summed E-state index contributed by atoms with van der Waals surface area (Å²) >= 11 is 5.11. The quantitative estimate of drug-likeness (QED) is 0.781. The predicted molar refractivity (Wildman–Crippen MR) is 76.1 cm³/mol. The highest BCUT2D eigenvalue weighted by atomic mass is 79.9. The third kappa shape index (κ3) is 2.91. The highest BCUT2D eigenvalue weighted by molar-refractivity contribution is 9.09. The summed E-state index contributed by atoms with van der Waals surface area (Å²) in [7, 11) is 0. The van der Waals surface area contributed by atoms with Crippen molar-refractivity contribution in [3.8, 4) is 0 Å². The number of halogens is 1. The average Bonchev–Trinajstić information content (AvgIpc) is 2.86. The van der Waals surface area contributed by atoms with Gasteiger partial charge in [0.05, 0.1) is 4.88 Å². The molecule has 17 heavy (non-hydrogen) atoms. The number of rotatable bonds is 3. The van der Waals surface area contributed by atoms with Gasteiger partial charge in [0, 0.05) is 18.4 Å². The fourth-order valence-electron chi connectivity index (χ4n) is 2.32. The van der Waals surface area contributed by atoms with Crippen LogP contribution >= 0.6 is 27.3 Å². The SMILES string of the molecule is CCc1ccsc1C(=O)N1CCCC(CBr)C1. The largest absolute Gasteiger partial charge is 0.338 e. The molecule has 0 saturated carbocycles. The first-order chi connectivity index (χ1) is 8.26. The van der Waals surface area contributed by atoms with Crippen molar-refractivity contribution < 1.29 is 4.79 Å². The Bertz CT molecular complexity index is 391. The van der Waals surface area contributed by atoms with E-state index in [9.17, 15) is 4.79 Å². The van der Waals surface area contributed by atoms with E-state index in [1.54, 1.807) is 11.3 Å². The molecule has 1 saturated heterocycles. The molecule has 0 bridgehead atoms. The summed E-state index contributed by atoms with van der Waals surface area (Å²) in [5.74, 6) is 0.861. The van der Waals surface area contributed by atoms with E-state index in [0.717, 1.165) is 36.1 Å². The zero-order chi connectivity index (χ0) is 12.3. The minimum Gasteiger partial charge on any atom is -0.338 e. The predicted octanol–water partition coefficient (Wildman–Crippen LogP) is 3.56. The van der Waals surface area contributed by atoms with Crippen molar-refractivity contribution >= 4 is 33.2 Å². The topological polar surface area (TPSA) is 20.3 Å². The van der Waals surface area contributed by atoms with E-state index in [2.05, 4.69) is 28.9 Å². The van der Waals surface area contributed by atoms with Crippen LogP contribution in [0.1, 0.15) is 35.0 Å². The van der Waals surface area contributed by atoms with Crippen molar-refractivity contribution in [1.82, 2.24) is 4.90 Å². The van der Waals surface area contributed by atoms with E-state index >= 15 is 0 Å². The monoisotopic (exact) mass is 315 g/mol. The normalized spacial score (nSPS) is 20.6. The van der Waals surface area contributed by atoms with Gasteiger partial charge in [0.1, 0.15) is 0 Å². The Morgan fingerprint density at radius 1 is 1.65 bits per heavy atom. The summed E-state index contributed by atoms with van der Waals surface area (Å²) in [5, 5.41) is 3.03. The molecule has 0 radical (unpaired) electrons. The van der Waals surface area contributed by atoms with Crippen LogP contribution in [-0.4, -0.2) is 29.2 Å². The van der Waals surface area contributed by atoms with Crippen LogP contribution in [-0.2, 0) is 6.42 Å². The number of carbonyl (C=O) groups excluding carboxylic acids is 1. The first-order valence-corrected chi connectivity index (χ1v) is 8.18. The molecule has 1 aliphatic heterocycles. The van der Waals surface area contributed by atoms with Crippen molar-refractivity contribution in [2.75, 3.05) is 18.4 Å². The number of hydrogen-bond acceptors (Lipinski definition) is 2. The molecule has 1 amide bonds. The van der Waals surface area contributed by atoms with Gasteiger partial charge in [-0.25, -0.2) is 0 Å². The number of likely N-dealkylation sites (tertiary alicyclic amines) is 1. The average molecular weight is 316 g/mol. The second-order valence-electron chi connectivity index (χ2n) is 4.54. The lowest BCUT2D eigenvalue weighted by molar-refractivity contribution is 0.0690. The molecule has 2 heterocycles. The van der Waals surface area contributed by atoms with Gasteiger partial charge in [-0.15, -0.1) is 11.3 Å². The minimum atomic E-state index is 0.238. The summed E-state index contributed by atoms with van der Waals surface area (Å²) in [4.78, 5) is 15.4. The zero-order valence-electron chi connectivity index (χ0n) is 10.1. The molecule has 0 aromatic carbocycles. The number of hydrogen-bond donors (Lipinski definition) is 0. The lowest BCUT2D eigenvalue weighted by Gasteiger charge is -2.31. The maximum Gasteiger partial charge on any atom is 0.264 e. The van der Waals surface area contributed by atoms with Gasteiger partial charge in [-0.1, -0.05) is 22.9 Å². The standard InChI is InChI=1S/C13H18BrNOS/c1-2-11-5-7-17-12(11)13(16)15-6-3-4-10(8-14)9-15/h5,7,10H,2-4,6,8-9H2,1H3. The Hall–Kier alpha value is -0.350. The van der Waals surface area contributed by atoms with Gasteiger partial charge in [-0.3, -0.25) is 4.79 Å². The minimum absolute atomic E-state index is 0.238. The van der Waals surface area contributed by atoms with Crippen LogP contribution in [0.3, 0.4) is 0 Å². The zero-order valence-corrected chi connectivity index (χ0v) is 12.5. The Kier molecular flexibility index (Phi) is 4.62. The van der Waals surface area contributed by atoms with Crippen LogP contribution in [0.4, 0.5) is 0 Å². The molecule has 1 aromatic heterocycles. The van der Waals surface area contributed by atoms with Crippen molar-refractivity contribution in [1.29, 1.82) is 0 Å². The first kappa shape index (κ1) is 13.1. The molecule has 2 rings (SSSR count). The van der Waals surface area contributed by atoms with E-state index in [1.165, 1.54) is 12.0 Å². The molecular formula is C13H18BrNOS. The second-order valence-corrected chi connectivity index (χ2v) is 6.11. The van der Waals surface area contributed by atoms with E-state index in [0.29, 0.717) is 5.92 Å². The number of piperidine rings is 1. The Morgan fingerprint density at radius 2 is 2.47 bits per heavy atom. The van der Waals surface area contributed by atoms with Gasteiger partial charge in [-0.2, -0.15) is 0 Å². The van der Waals surface area contributed by atoms with Gasteiger partial charge in [0.2, 0.25) is 0 Å². The van der Waals surface area contributed by atoms with Crippen LogP contribution in [0.2, 0.25) is 0 Å². The number of amides is 1. The van der Waals surface area contributed by atoms with E-state index in [4.69, 9.17) is 0 Å². The second kappa shape index (κ2) is 6.01. The molecule has 1 fully saturated rings. The van der Waals surface area contributed by atoms with Crippen LogP contribution < -0.4 is 0 Å². The molecule has 1 aliphatic rings. The third-order valence-electron chi connectivity index (χ3n) is 3.35. The molecule has 94 valence electrons. The molecular weight excluding hydrogens is 298 g/mol. The summed E-state index contributed by atoms with van der Waals surface area (Å²) in [5.41, 5.74) is 1.20. The molecule has 1 atom stereocenters. The van der Waals surface area contributed by atoms with Crippen LogP contribution in [0.5, 0.6) is 0 Å². The number of nitrogens with zero attached hydrogens (tertiary/aromatic N) is 1. The van der Waals surface area contributed by atoms with Crippen molar-refractivity contribution in [3.63, 3.8) is 0 Å². The highest BCUT2D eigenvalue weighted by Crippen LogP contribution is 2.24. The van der Waals surface area contributed by atoms with Crippen LogP contribution in [0.15, 0.2) is 11.4 Å². The lowest BCUT2D eigenvalue weighted by Crippen LogP contribution is -2.40. The first-order valence-electron chi connectivity index (χ1n) is 6.17. The van der Waals surface area contributed by atoms with Gasteiger partial charge in [0.15, 0.2) is 0 Å².